The van der Waals surface area contributed by atoms with Crippen LogP contribution in [-0.2, 0) is 27.8 Å². The Morgan fingerprint density at radius 3 is 2.21 bits per heavy atom. The van der Waals surface area contributed by atoms with E-state index in [-0.39, 0.29) is 23.9 Å². The van der Waals surface area contributed by atoms with Crippen LogP contribution < -0.4 is 5.32 Å². The van der Waals surface area contributed by atoms with E-state index in [9.17, 15) is 13.2 Å². The van der Waals surface area contributed by atoms with Crippen LogP contribution in [0.2, 0.25) is 5.02 Å². The van der Waals surface area contributed by atoms with Crippen molar-refractivity contribution in [3.8, 4) is 0 Å². The summed E-state index contributed by atoms with van der Waals surface area (Å²) in [6.45, 7) is 5.60. The van der Waals surface area contributed by atoms with E-state index in [1.807, 2.05) is 57.2 Å². The number of benzene rings is 3. The minimum atomic E-state index is -3.97. The van der Waals surface area contributed by atoms with E-state index in [0.29, 0.717) is 28.8 Å². The molecule has 0 radical (unpaired) electrons. The molecule has 8 nitrogen and oxygen atoms in total. The molecule has 3 aromatic carbocycles. The van der Waals surface area contributed by atoms with Crippen LogP contribution in [-0.4, -0.2) is 35.3 Å². The lowest BCUT2D eigenvalue weighted by atomic mass is 10.1. The number of nitrogens with zero attached hydrogens (tertiary/aromatic N) is 3. The molecule has 1 aromatic heterocycles. The highest BCUT2D eigenvalue weighted by molar-refractivity contribution is 7.89. The molecule has 10 heteroatoms. The van der Waals surface area contributed by atoms with Gasteiger partial charge in [-0.2, -0.15) is 9.29 Å². The minimum absolute atomic E-state index is 0.0423. The first-order valence-electron chi connectivity index (χ1n) is 12.1. The average Bonchev–Trinajstić information content (AvgIpc) is 3.35. The third kappa shape index (κ3) is 7.06. The van der Waals surface area contributed by atoms with Crippen LogP contribution in [0.1, 0.15) is 48.2 Å². The molecule has 4 aromatic rings. The van der Waals surface area contributed by atoms with Crippen LogP contribution in [0.15, 0.2) is 82.2 Å². The summed E-state index contributed by atoms with van der Waals surface area (Å²) in [4.78, 5) is 17.4. The Bertz CT molecular complexity index is 1480. The zero-order valence-corrected chi connectivity index (χ0v) is 23.0. The Kier molecular flexibility index (Phi) is 8.61. The number of hydrogen-bond acceptors (Lipinski definition) is 6. The summed E-state index contributed by atoms with van der Waals surface area (Å²) in [5.74, 6) is 0.877. The Hall–Kier alpha value is -3.53. The molecule has 0 unspecified atom stereocenters. The smallest absolute Gasteiger partial charge is 0.243 e. The van der Waals surface area contributed by atoms with Gasteiger partial charge in [0.05, 0.1) is 11.4 Å². The molecule has 0 bridgehead atoms. The fourth-order valence-corrected chi connectivity index (χ4v) is 5.21. The van der Waals surface area contributed by atoms with Gasteiger partial charge in [0.25, 0.3) is 0 Å². The number of carbonyl (C=O) groups excluding carboxylic acids is 1. The van der Waals surface area contributed by atoms with Crippen LogP contribution >= 0.6 is 11.6 Å². The van der Waals surface area contributed by atoms with Gasteiger partial charge in [0.1, 0.15) is 0 Å². The molecule has 4 rings (SSSR count). The van der Waals surface area contributed by atoms with Gasteiger partial charge in [0.2, 0.25) is 21.8 Å². The normalized spacial score (nSPS) is 11.7. The van der Waals surface area contributed by atoms with E-state index in [2.05, 4.69) is 15.5 Å². The summed E-state index contributed by atoms with van der Waals surface area (Å²) < 4.78 is 33.3. The van der Waals surface area contributed by atoms with Gasteiger partial charge in [-0.3, -0.25) is 4.79 Å². The van der Waals surface area contributed by atoms with Crippen molar-refractivity contribution in [2.24, 2.45) is 0 Å². The predicted octanol–water partition coefficient (Wildman–Crippen LogP) is 5.58. The summed E-state index contributed by atoms with van der Waals surface area (Å²) in [5.41, 5.74) is 3.33. The number of rotatable bonds is 10. The van der Waals surface area contributed by atoms with Crippen LogP contribution in [0.5, 0.6) is 0 Å². The zero-order valence-electron chi connectivity index (χ0n) is 21.4. The number of halogens is 1. The second-order valence-electron chi connectivity index (χ2n) is 9.34. The molecule has 0 aliphatic carbocycles. The van der Waals surface area contributed by atoms with E-state index < -0.39 is 15.9 Å². The Balaban J connectivity index is 1.47. The third-order valence-corrected chi connectivity index (χ3v) is 7.89. The van der Waals surface area contributed by atoms with Gasteiger partial charge in [-0.15, -0.1) is 0 Å². The molecule has 1 heterocycles. The maximum absolute atomic E-state index is 13.4. The lowest BCUT2D eigenvalue weighted by Crippen LogP contribution is -2.37. The van der Waals surface area contributed by atoms with Crippen molar-refractivity contribution in [1.82, 2.24) is 14.4 Å². The monoisotopic (exact) mass is 552 g/mol. The predicted molar refractivity (Wildman–Crippen MR) is 146 cm³/mol. The standard InChI is InChI=1S/C28H29ClN4O4S/c1-19(2)28-31-26(32-37-28)16-21-8-12-24(13-9-21)30-27(34)18-33(17-22-6-4-20(3)5-7-22)38(35,36)25-14-10-23(29)11-15-25/h4-15,19H,16-18H2,1-3H3,(H,30,34). The maximum atomic E-state index is 13.4. The number of anilines is 1. The molecule has 1 N–H and O–H groups in total. The first kappa shape index (κ1) is 27.5. The number of hydrogen-bond donors (Lipinski definition) is 1. The summed E-state index contributed by atoms with van der Waals surface area (Å²) in [5, 5.41) is 7.22. The largest absolute Gasteiger partial charge is 0.339 e. The molecule has 0 aliphatic heterocycles. The van der Waals surface area contributed by atoms with Gasteiger partial charge >= 0.3 is 0 Å². The van der Waals surface area contributed by atoms with Gasteiger partial charge in [-0.25, -0.2) is 8.42 Å². The highest BCUT2D eigenvalue weighted by atomic mass is 35.5. The molecule has 0 aliphatic rings. The molecule has 0 fully saturated rings. The number of sulfonamides is 1. The Labute approximate surface area is 227 Å². The lowest BCUT2D eigenvalue weighted by molar-refractivity contribution is -0.116. The van der Waals surface area contributed by atoms with Gasteiger partial charge < -0.3 is 9.84 Å². The molecule has 198 valence electrons. The van der Waals surface area contributed by atoms with Crippen LogP contribution in [0, 0.1) is 6.92 Å². The number of amides is 1. The highest BCUT2D eigenvalue weighted by Gasteiger charge is 2.27. The fourth-order valence-electron chi connectivity index (χ4n) is 3.70. The molecule has 0 atom stereocenters. The van der Waals surface area contributed by atoms with Crippen molar-refractivity contribution in [2.75, 3.05) is 11.9 Å². The van der Waals surface area contributed by atoms with E-state index in [0.717, 1.165) is 21.0 Å². The highest BCUT2D eigenvalue weighted by Crippen LogP contribution is 2.21. The van der Waals surface area contributed by atoms with E-state index >= 15 is 0 Å². The second kappa shape index (κ2) is 11.9. The van der Waals surface area contributed by atoms with Crippen LogP contribution in [0.3, 0.4) is 0 Å². The molecule has 38 heavy (non-hydrogen) atoms. The van der Waals surface area contributed by atoms with Crippen LogP contribution in [0.4, 0.5) is 5.69 Å². The SMILES string of the molecule is Cc1ccc(CN(CC(=O)Nc2ccc(Cc3noc(C(C)C)n3)cc2)S(=O)(=O)c2ccc(Cl)cc2)cc1. The molecule has 1 amide bonds. The Morgan fingerprint density at radius 1 is 0.974 bits per heavy atom. The minimum Gasteiger partial charge on any atom is -0.339 e. The zero-order chi connectivity index (χ0) is 27.3. The number of carbonyl (C=O) groups is 1. The van der Waals surface area contributed by atoms with E-state index in [1.54, 1.807) is 12.1 Å². The Morgan fingerprint density at radius 2 is 1.61 bits per heavy atom. The quantitative estimate of drug-likeness (QED) is 0.275. The maximum Gasteiger partial charge on any atom is 0.243 e. The summed E-state index contributed by atoms with van der Waals surface area (Å²) >= 11 is 5.95. The second-order valence-corrected chi connectivity index (χ2v) is 11.7. The van der Waals surface area contributed by atoms with Gasteiger partial charge in [-0.05, 0) is 54.4 Å². The summed E-state index contributed by atoms with van der Waals surface area (Å²) in [6.07, 6.45) is 0.494. The van der Waals surface area contributed by atoms with Gasteiger partial charge in [0.15, 0.2) is 5.82 Å². The number of aryl methyl sites for hydroxylation is 1. The first-order chi connectivity index (χ1) is 18.1. The molecule has 0 saturated heterocycles. The molecular weight excluding hydrogens is 524 g/mol. The van der Waals surface area contributed by atoms with Crippen molar-refractivity contribution >= 4 is 33.2 Å². The van der Waals surface area contributed by atoms with E-state index in [1.165, 1.54) is 24.3 Å². The van der Waals surface area contributed by atoms with Gasteiger partial charge in [-0.1, -0.05) is 72.6 Å². The third-order valence-electron chi connectivity index (χ3n) is 5.83. The van der Waals surface area contributed by atoms with Crippen molar-refractivity contribution in [2.45, 2.75) is 44.6 Å². The number of aromatic nitrogens is 2. The van der Waals surface area contributed by atoms with Crippen molar-refractivity contribution < 1.29 is 17.7 Å². The number of nitrogens with one attached hydrogen (secondary N) is 1. The molecule has 0 spiro atoms. The van der Waals surface area contributed by atoms with Crippen molar-refractivity contribution in [3.05, 3.63) is 106 Å². The molecular formula is C28H29ClN4O4S. The summed E-state index contributed by atoms with van der Waals surface area (Å²) in [6, 6.07) is 20.6. The van der Waals surface area contributed by atoms with E-state index in [4.69, 9.17) is 16.1 Å². The summed E-state index contributed by atoms with van der Waals surface area (Å²) in [7, 11) is -3.97. The first-order valence-corrected chi connectivity index (χ1v) is 13.9. The van der Waals surface area contributed by atoms with Gasteiger partial charge in [0, 0.05) is 29.6 Å². The van der Waals surface area contributed by atoms with Crippen molar-refractivity contribution in [3.63, 3.8) is 0 Å². The van der Waals surface area contributed by atoms with Crippen molar-refractivity contribution in [1.29, 1.82) is 0 Å². The average molecular weight is 553 g/mol. The van der Waals surface area contributed by atoms with Crippen LogP contribution in [0.25, 0.3) is 0 Å². The lowest BCUT2D eigenvalue weighted by Gasteiger charge is -2.22. The molecule has 0 saturated carbocycles. The fraction of sp³-hybridized carbons (Fsp3) is 0.250. The topological polar surface area (TPSA) is 105 Å².